The zero-order chi connectivity index (χ0) is 20.5. The molecule has 4 heteroatoms. The molecule has 0 bridgehead atoms. The van der Waals surface area contributed by atoms with Gasteiger partial charge in [-0.3, -0.25) is 0 Å². The van der Waals surface area contributed by atoms with Crippen LogP contribution in [0.4, 0.5) is 0 Å². The molecule has 1 saturated carbocycles. The van der Waals surface area contributed by atoms with Gasteiger partial charge in [-0.25, -0.2) is 0 Å². The van der Waals surface area contributed by atoms with Gasteiger partial charge in [-0.2, -0.15) is 0 Å². The fraction of sp³-hybridized carbons (Fsp3) is 0.556. The molecule has 1 aliphatic carbocycles. The zero-order valence-corrected chi connectivity index (χ0v) is 21.2. The van der Waals surface area contributed by atoms with Crippen LogP contribution in [-0.2, 0) is 19.5 Å². The number of rotatable bonds is 10. The Balaban J connectivity index is 0.00000240. The highest BCUT2D eigenvalue weighted by Crippen LogP contribution is 2.20. The molecule has 0 aromatic heterocycles. The fourth-order valence-electron chi connectivity index (χ4n) is 4.34. The molecule has 2 nitrogen and oxygen atoms in total. The van der Waals surface area contributed by atoms with Crippen LogP contribution in [0.2, 0.25) is 0 Å². The minimum atomic E-state index is 0. The van der Waals surface area contributed by atoms with E-state index in [0.29, 0.717) is 18.0 Å². The summed E-state index contributed by atoms with van der Waals surface area (Å²) in [7, 11) is 0. The number of halogens is 2. The lowest BCUT2D eigenvalue weighted by atomic mass is 9.90. The Bertz CT molecular complexity index is 713. The van der Waals surface area contributed by atoms with E-state index in [1.54, 1.807) is 0 Å². The first-order valence-corrected chi connectivity index (χ1v) is 11.8. The molecule has 2 aromatic rings. The number of unbranched alkanes of at least 4 members (excludes halogenated alkanes) is 1. The molecule has 0 radical (unpaired) electrons. The van der Waals surface area contributed by atoms with Crippen LogP contribution in [0.1, 0.15) is 87.5 Å². The Hall–Kier alpha value is -1.06. The highest BCUT2D eigenvalue weighted by Gasteiger charge is 2.24. The highest BCUT2D eigenvalue weighted by molar-refractivity contribution is 5.85. The first-order chi connectivity index (χ1) is 14.2. The molecular weight excluding hydrogens is 423 g/mol. The van der Waals surface area contributed by atoms with Gasteiger partial charge in [0, 0.05) is 25.2 Å². The molecule has 0 aliphatic heterocycles. The van der Waals surface area contributed by atoms with Crippen molar-refractivity contribution in [3.63, 3.8) is 0 Å². The monoisotopic (exact) mass is 464 g/mol. The van der Waals surface area contributed by atoms with Gasteiger partial charge in [-0.05, 0) is 53.9 Å². The lowest BCUT2D eigenvalue weighted by Gasteiger charge is -2.33. The molecular formula is C27H42Cl2N2. The van der Waals surface area contributed by atoms with Crippen LogP contribution in [0, 0.1) is 0 Å². The summed E-state index contributed by atoms with van der Waals surface area (Å²) in [6.07, 6.45) is 8.99. The molecule has 2 N–H and O–H groups in total. The molecule has 1 aliphatic rings. The number of benzene rings is 2. The standard InChI is InChI=1S/C27H40N2.2ClH/c1-4-5-8-22-11-13-23(14-12-22)19-28-26-9-6-7-10-27(26)29-20-24-15-17-25(18-16-24)21(2)3;;/h11-18,21,26-29H,4-10,19-20H2,1-3H3;2*1H. The first kappa shape index (κ1) is 28.0. The summed E-state index contributed by atoms with van der Waals surface area (Å²) < 4.78 is 0. The predicted molar refractivity (Wildman–Crippen MR) is 140 cm³/mol. The lowest BCUT2D eigenvalue weighted by Crippen LogP contribution is -2.49. The quantitative estimate of drug-likeness (QED) is 0.388. The molecule has 2 atom stereocenters. The third kappa shape index (κ3) is 9.14. The zero-order valence-electron chi connectivity index (χ0n) is 19.5. The number of hydrogen-bond acceptors (Lipinski definition) is 2. The van der Waals surface area contributed by atoms with E-state index in [-0.39, 0.29) is 24.8 Å². The van der Waals surface area contributed by atoms with Crippen molar-refractivity contribution < 1.29 is 0 Å². The van der Waals surface area contributed by atoms with Crippen molar-refractivity contribution in [3.05, 3.63) is 70.8 Å². The molecule has 2 unspecified atom stereocenters. The summed E-state index contributed by atoms with van der Waals surface area (Å²) in [6, 6.07) is 19.5. The normalized spacial score (nSPS) is 18.3. The molecule has 1 fully saturated rings. The molecule has 3 rings (SSSR count). The van der Waals surface area contributed by atoms with E-state index in [1.807, 2.05) is 0 Å². The lowest BCUT2D eigenvalue weighted by molar-refractivity contribution is 0.281. The summed E-state index contributed by atoms with van der Waals surface area (Å²) in [5.74, 6) is 0.602. The Morgan fingerprint density at radius 3 is 1.65 bits per heavy atom. The topological polar surface area (TPSA) is 24.1 Å². The smallest absolute Gasteiger partial charge is 0.0224 e. The Kier molecular flexibility index (Phi) is 13.4. The van der Waals surface area contributed by atoms with Crippen molar-refractivity contribution >= 4 is 24.8 Å². The second-order valence-corrected chi connectivity index (χ2v) is 9.08. The van der Waals surface area contributed by atoms with Gasteiger partial charge in [-0.1, -0.05) is 88.6 Å². The van der Waals surface area contributed by atoms with Crippen molar-refractivity contribution in [1.29, 1.82) is 0 Å². The number of hydrogen-bond donors (Lipinski definition) is 2. The van der Waals surface area contributed by atoms with Crippen LogP contribution in [0.3, 0.4) is 0 Å². The molecule has 31 heavy (non-hydrogen) atoms. The van der Waals surface area contributed by atoms with E-state index in [4.69, 9.17) is 0 Å². The summed E-state index contributed by atoms with van der Waals surface area (Å²) in [6.45, 7) is 8.70. The van der Waals surface area contributed by atoms with Gasteiger partial charge < -0.3 is 10.6 Å². The molecule has 0 saturated heterocycles. The third-order valence-electron chi connectivity index (χ3n) is 6.39. The van der Waals surface area contributed by atoms with E-state index >= 15 is 0 Å². The van der Waals surface area contributed by atoms with E-state index < -0.39 is 0 Å². The molecule has 0 heterocycles. The Morgan fingerprint density at radius 2 is 1.19 bits per heavy atom. The van der Waals surface area contributed by atoms with Gasteiger partial charge in [0.1, 0.15) is 0 Å². The maximum Gasteiger partial charge on any atom is 0.0224 e. The average molecular weight is 466 g/mol. The molecule has 0 amide bonds. The Labute approximate surface area is 202 Å². The highest BCUT2D eigenvalue weighted by atomic mass is 35.5. The van der Waals surface area contributed by atoms with E-state index in [2.05, 4.69) is 79.9 Å². The van der Waals surface area contributed by atoms with E-state index in [9.17, 15) is 0 Å². The summed E-state index contributed by atoms with van der Waals surface area (Å²) in [5.41, 5.74) is 5.68. The van der Waals surface area contributed by atoms with Crippen molar-refractivity contribution in [2.45, 2.75) is 96.8 Å². The predicted octanol–water partition coefficient (Wildman–Crippen LogP) is 7.19. The first-order valence-electron chi connectivity index (χ1n) is 11.8. The van der Waals surface area contributed by atoms with Crippen LogP contribution in [-0.4, -0.2) is 12.1 Å². The number of nitrogens with one attached hydrogen (secondary N) is 2. The van der Waals surface area contributed by atoms with Crippen LogP contribution >= 0.6 is 24.8 Å². The maximum absolute atomic E-state index is 3.85. The maximum atomic E-state index is 3.85. The minimum Gasteiger partial charge on any atom is -0.308 e. The van der Waals surface area contributed by atoms with Gasteiger partial charge in [0.25, 0.3) is 0 Å². The fourth-order valence-corrected chi connectivity index (χ4v) is 4.34. The van der Waals surface area contributed by atoms with Crippen LogP contribution in [0.5, 0.6) is 0 Å². The summed E-state index contributed by atoms with van der Waals surface area (Å²) in [5, 5.41) is 7.69. The van der Waals surface area contributed by atoms with Gasteiger partial charge in [-0.15, -0.1) is 24.8 Å². The SMILES string of the molecule is CCCCc1ccc(CNC2CCCCC2NCc2ccc(C(C)C)cc2)cc1.Cl.Cl. The van der Waals surface area contributed by atoms with E-state index in [1.165, 1.54) is 67.2 Å². The minimum absolute atomic E-state index is 0. The molecule has 0 spiro atoms. The van der Waals surface area contributed by atoms with Crippen molar-refractivity contribution in [1.82, 2.24) is 10.6 Å². The number of aryl methyl sites for hydroxylation is 1. The summed E-state index contributed by atoms with van der Waals surface area (Å²) >= 11 is 0. The average Bonchev–Trinajstić information content (AvgIpc) is 2.76. The second kappa shape index (κ2) is 14.9. The van der Waals surface area contributed by atoms with Crippen molar-refractivity contribution in [3.8, 4) is 0 Å². The Morgan fingerprint density at radius 1 is 0.742 bits per heavy atom. The molecule has 2 aromatic carbocycles. The summed E-state index contributed by atoms with van der Waals surface area (Å²) in [4.78, 5) is 0. The van der Waals surface area contributed by atoms with Crippen molar-refractivity contribution in [2.24, 2.45) is 0 Å². The van der Waals surface area contributed by atoms with E-state index in [0.717, 1.165) is 13.1 Å². The van der Waals surface area contributed by atoms with Gasteiger partial charge >= 0.3 is 0 Å². The van der Waals surface area contributed by atoms with Crippen molar-refractivity contribution in [2.75, 3.05) is 0 Å². The third-order valence-corrected chi connectivity index (χ3v) is 6.39. The van der Waals surface area contributed by atoms with Crippen LogP contribution < -0.4 is 10.6 Å². The second-order valence-electron chi connectivity index (χ2n) is 9.08. The van der Waals surface area contributed by atoms with Gasteiger partial charge in [0.15, 0.2) is 0 Å². The van der Waals surface area contributed by atoms with Gasteiger partial charge in [0.2, 0.25) is 0 Å². The molecule has 174 valence electrons. The van der Waals surface area contributed by atoms with Crippen LogP contribution in [0.15, 0.2) is 48.5 Å². The van der Waals surface area contributed by atoms with Crippen LogP contribution in [0.25, 0.3) is 0 Å². The largest absolute Gasteiger partial charge is 0.308 e. The van der Waals surface area contributed by atoms with Gasteiger partial charge in [0.05, 0.1) is 0 Å².